The van der Waals surface area contributed by atoms with Gasteiger partial charge in [-0.15, -0.1) is 10.2 Å². The van der Waals surface area contributed by atoms with E-state index in [-0.39, 0.29) is 0 Å². The van der Waals surface area contributed by atoms with E-state index in [1.54, 1.807) is 24.4 Å². The molecule has 0 saturated heterocycles. The van der Waals surface area contributed by atoms with Crippen LogP contribution in [0.15, 0.2) is 17.8 Å². The zero-order chi connectivity index (χ0) is 13.1. The topological polar surface area (TPSA) is 61.4 Å². The fourth-order valence-corrected chi connectivity index (χ4v) is 3.36. The van der Waals surface area contributed by atoms with Gasteiger partial charge in [-0.1, -0.05) is 31.0 Å². The quantitative estimate of drug-likeness (QED) is 0.802. The first kappa shape index (κ1) is 12.7. The van der Waals surface area contributed by atoms with Crippen LogP contribution < -0.4 is 0 Å². The molecule has 1 fully saturated rings. The molecule has 19 heavy (non-hydrogen) atoms. The molecule has 1 aliphatic carbocycles. The van der Waals surface area contributed by atoms with Gasteiger partial charge < -0.3 is 4.57 Å². The van der Waals surface area contributed by atoms with Crippen LogP contribution in [0.2, 0.25) is 0 Å². The number of nitrogens with zero attached hydrogens (tertiary/aromatic N) is 6. The number of rotatable bonds is 4. The first-order valence-electron chi connectivity index (χ1n) is 6.70. The molecule has 0 unspecified atom stereocenters. The van der Waals surface area contributed by atoms with Crippen LogP contribution in [0.5, 0.6) is 0 Å². The fraction of sp³-hybridized carbons (Fsp3) is 0.667. The smallest absolute Gasteiger partial charge is 0.191 e. The van der Waals surface area contributed by atoms with E-state index in [0.29, 0.717) is 6.04 Å². The molecule has 0 aliphatic heterocycles. The molecule has 1 saturated carbocycles. The van der Waals surface area contributed by atoms with E-state index in [2.05, 4.69) is 25.0 Å². The molecule has 0 radical (unpaired) electrons. The molecule has 0 bridgehead atoms. The molecule has 0 amide bonds. The van der Waals surface area contributed by atoms with Gasteiger partial charge in [-0.05, 0) is 12.8 Å². The minimum atomic E-state index is 0.534. The van der Waals surface area contributed by atoms with E-state index >= 15 is 0 Å². The fourth-order valence-electron chi connectivity index (χ4n) is 2.54. The summed E-state index contributed by atoms with van der Waals surface area (Å²) in [6, 6.07) is 0.534. The van der Waals surface area contributed by atoms with Gasteiger partial charge in [0.2, 0.25) is 0 Å². The summed E-state index contributed by atoms with van der Waals surface area (Å²) in [5.74, 6) is 1.84. The molecule has 3 rings (SSSR count). The standard InChI is InChI=1S/C12H18N6S/c1-17-9-14-16-12(17)19-7-11-13-8-15-18(11)10-5-3-2-4-6-10/h8-10H,2-7H2,1H3. The first-order chi connectivity index (χ1) is 9.34. The molecule has 2 heterocycles. The van der Waals surface area contributed by atoms with Crippen LogP contribution in [0.1, 0.15) is 44.0 Å². The molecule has 2 aromatic heterocycles. The van der Waals surface area contributed by atoms with Crippen molar-refractivity contribution in [2.75, 3.05) is 0 Å². The van der Waals surface area contributed by atoms with Gasteiger partial charge >= 0.3 is 0 Å². The molecule has 7 heteroatoms. The van der Waals surface area contributed by atoms with Crippen LogP contribution in [0.3, 0.4) is 0 Å². The molecule has 0 atom stereocenters. The molecule has 102 valence electrons. The Balaban J connectivity index is 1.68. The molecule has 0 spiro atoms. The number of hydrogen-bond donors (Lipinski definition) is 0. The van der Waals surface area contributed by atoms with E-state index < -0.39 is 0 Å². The van der Waals surface area contributed by atoms with E-state index in [1.807, 2.05) is 11.6 Å². The van der Waals surface area contributed by atoms with Crippen LogP contribution in [0.4, 0.5) is 0 Å². The van der Waals surface area contributed by atoms with Gasteiger partial charge in [0, 0.05) is 7.05 Å². The second-order valence-electron chi connectivity index (χ2n) is 4.93. The third-order valence-electron chi connectivity index (χ3n) is 3.57. The zero-order valence-corrected chi connectivity index (χ0v) is 11.9. The lowest BCUT2D eigenvalue weighted by Crippen LogP contribution is -2.16. The largest absolute Gasteiger partial charge is 0.312 e. The van der Waals surface area contributed by atoms with Gasteiger partial charge in [-0.3, -0.25) is 0 Å². The molecular formula is C12H18N6S. The Kier molecular flexibility index (Phi) is 3.82. The number of thioether (sulfide) groups is 1. The van der Waals surface area contributed by atoms with Crippen molar-refractivity contribution >= 4 is 11.8 Å². The number of aromatic nitrogens is 6. The normalized spacial score (nSPS) is 16.9. The summed E-state index contributed by atoms with van der Waals surface area (Å²) in [7, 11) is 1.95. The molecule has 0 aromatic carbocycles. The van der Waals surface area contributed by atoms with Crippen molar-refractivity contribution in [2.24, 2.45) is 7.05 Å². The number of aryl methyl sites for hydroxylation is 1. The SMILES string of the molecule is Cn1cnnc1SCc1ncnn1C1CCCCC1. The Morgan fingerprint density at radius 2 is 2.16 bits per heavy atom. The predicted molar refractivity (Wildman–Crippen MR) is 72.7 cm³/mol. The van der Waals surface area contributed by atoms with E-state index in [1.165, 1.54) is 32.1 Å². The number of hydrogen-bond acceptors (Lipinski definition) is 5. The minimum absolute atomic E-state index is 0.534. The summed E-state index contributed by atoms with van der Waals surface area (Å²) >= 11 is 1.66. The summed E-state index contributed by atoms with van der Waals surface area (Å²) < 4.78 is 4.04. The molecular weight excluding hydrogens is 260 g/mol. The van der Waals surface area contributed by atoms with Crippen LogP contribution in [-0.4, -0.2) is 29.5 Å². The van der Waals surface area contributed by atoms with Gasteiger partial charge in [0.15, 0.2) is 5.16 Å². The van der Waals surface area contributed by atoms with Gasteiger partial charge in [0.05, 0.1) is 11.8 Å². The van der Waals surface area contributed by atoms with E-state index in [9.17, 15) is 0 Å². The second-order valence-corrected chi connectivity index (χ2v) is 5.87. The van der Waals surface area contributed by atoms with Gasteiger partial charge in [0.1, 0.15) is 18.5 Å². The van der Waals surface area contributed by atoms with Gasteiger partial charge in [0.25, 0.3) is 0 Å². The Morgan fingerprint density at radius 1 is 1.32 bits per heavy atom. The summed E-state index contributed by atoms with van der Waals surface area (Å²) in [5, 5.41) is 13.3. The minimum Gasteiger partial charge on any atom is -0.312 e. The second kappa shape index (κ2) is 5.73. The third-order valence-corrected chi connectivity index (χ3v) is 4.60. The molecule has 1 aliphatic rings. The van der Waals surface area contributed by atoms with Crippen molar-refractivity contribution in [3.63, 3.8) is 0 Å². The highest BCUT2D eigenvalue weighted by Crippen LogP contribution is 2.29. The van der Waals surface area contributed by atoms with Crippen LogP contribution in [0, 0.1) is 0 Å². The third kappa shape index (κ3) is 2.80. The van der Waals surface area contributed by atoms with Gasteiger partial charge in [-0.25, -0.2) is 9.67 Å². The highest BCUT2D eigenvalue weighted by molar-refractivity contribution is 7.98. The van der Waals surface area contributed by atoms with E-state index in [4.69, 9.17) is 0 Å². The van der Waals surface area contributed by atoms with E-state index in [0.717, 1.165) is 16.7 Å². The molecule has 6 nitrogen and oxygen atoms in total. The maximum Gasteiger partial charge on any atom is 0.191 e. The average Bonchev–Trinajstić information content (AvgIpc) is 3.06. The summed E-state index contributed by atoms with van der Waals surface area (Å²) in [4.78, 5) is 4.39. The lowest BCUT2D eigenvalue weighted by atomic mass is 9.96. The molecule has 0 N–H and O–H groups in total. The highest BCUT2D eigenvalue weighted by atomic mass is 32.2. The Morgan fingerprint density at radius 3 is 2.89 bits per heavy atom. The van der Waals surface area contributed by atoms with Crippen molar-refractivity contribution in [1.82, 2.24) is 29.5 Å². The highest BCUT2D eigenvalue weighted by Gasteiger charge is 2.19. The van der Waals surface area contributed by atoms with Crippen LogP contribution in [0.25, 0.3) is 0 Å². The van der Waals surface area contributed by atoms with Crippen LogP contribution in [-0.2, 0) is 12.8 Å². The first-order valence-corrected chi connectivity index (χ1v) is 7.68. The van der Waals surface area contributed by atoms with Crippen molar-refractivity contribution < 1.29 is 0 Å². The lowest BCUT2D eigenvalue weighted by molar-refractivity contribution is 0.323. The zero-order valence-electron chi connectivity index (χ0n) is 11.1. The van der Waals surface area contributed by atoms with Crippen molar-refractivity contribution in [1.29, 1.82) is 0 Å². The van der Waals surface area contributed by atoms with Gasteiger partial charge in [-0.2, -0.15) is 5.10 Å². The van der Waals surface area contributed by atoms with Crippen molar-refractivity contribution in [2.45, 2.75) is 49.1 Å². The molecule has 2 aromatic rings. The predicted octanol–water partition coefficient (Wildman–Crippen LogP) is 2.20. The van der Waals surface area contributed by atoms with Crippen molar-refractivity contribution in [3.05, 3.63) is 18.5 Å². The summed E-state index contributed by atoms with van der Waals surface area (Å²) in [6.45, 7) is 0. The lowest BCUT2D eigenvalue weighted by Gasteiger charge is -2.23. The Bertz CT molecular complexity index is 528. The maximum atomic E-state index is 4.41. The average molecular weight is 278 g/mol. The summed E-state index contributed by atoms with van der Waals surface area (Å²) in [5.41, 5.74) is 0. The van der Waals surface area contributed by atoms with Crippen LogP contribution >= 0.6 is 11.8 Å². The Hall–Kier alpha value is -1.37. The monoisotopic (exact) mass is 278 g/mol. The maximum absolute atomic E-state index is 4.41. The van der Waals surface area contributed by atoms with Crippen molar-refractivity contribution in [3.8, 4) is 0 Å². The summed E-state index contributed by atoms with van der Waals surface area (Å²) in [6.07, 6.45) is 9.81. The Labute approximate surface area is 116 Å².